The molecule has 7 rings (SSSR count). The Kier molecular flexibility index (Phi) is 17.7. The molecule has 0 saturated carbocycles. The first kappa shape index (κ1) is 51.4. The molecule has 0 amide bonds. The topological polar surface area (TPSA) is 194 Å². The highest BCUT2D eigenvalue weighted by Gasteiger charge is 2.45. The first-order valence-electron chi connectivity index (χ1n) is 24.0. The van der Waals surface area contributed by atoms with Crippen LogP contribution in [0.1, 0.15) is 121 Å². The summed E-state index contributed by atoms with van der Waals surface area (Å²) in [4.78, 5) is 23.0. The number of oxazole rings is 2. The van der Waals surface area contributed by atoms with Crippen molar-refractivity contribution in [2.24, 2.45) is 11.8 Å². The summed E-state index contributed by atoms with van der Waals surface area (Å²) < 4.78 is 55.0. The minimum atomic E-state index is -1.74. The van der Waals surface area contributed by atoms with E-state index in [0.717, 1.165) is 16.7 Å². The maximum absolute atomic E-state index is 13.5. The van der Waals surface area contributed by atoms with E-state index >= 15 is 0 Å². The summed E-state index contributed by atoms with van der Waals surface area (Å²) in [6.45, 7) is 12.1. The van der Waals surface area contributed by atoms with Crippen molar-refractivity contribution in [3.8, 4) is 12.3 Å². The molecule has 2 aromatic rings. The lowest BCUT2D eigenvalue weighted by Crippen LogP contribution is -2.51. The van der Waals surface area contributed by atoms with Crippen LogP contribution in [0.15, 0.2) is 81.1 Å². The molecule has 8 bridgehead atoms. The molecule has 15 nitrogen and oxygen atoms in total. The lowest BCUT2D eigenvalue weighted by molar-refractivity contribution is -0.286. The molecule has 0 aliphatic carbocycles. The van der Waals surface area contributed by atoms with Crippen LogP contribution in [-0.4, -0.2) is 118 Å². The van der Waals surface area contributed by atoms with E-state index < -0.39 is 54.5 Å². The fourth-order valence-electron chi connectivity index (χ4n) is 10.3. The highest BCUT2D eigenvalue weighted by atomic mass is 16.6. The Labute approximate surface area is 400 Å². The van der Waals surface area contributed by atoms with Crippen molar-refractivity contribution < 1.29 is 62.1 Å². The lowest BCUT2D eigenvalue weighted by atomic mass is 9.79. The Morgan fingerprint density at radius 1 is 1.00 bits per heavy atom. The van der Waals surface area contributed by atoms with Crippen molar-refractivity contribution >= 4 is 18.1 Å². The first-order valence-corrected chi connectivity index (χ1v) is 24.0. The van der Waals surface area contributed by atoms with Crippen LogP contribution in [0.4, 0.5) is 0 Å². The van der Waals surface area contributed by atoms with Gasteiger partial charge in [-0.25, -0.2) is 14.8 Å². The normalized spacial score (nSPS) is 36.2. The molecule has 4 fully saturated rings. The van der Waals surface area contributed by atoms with Gasteiger partial charge in [-0.1, -0.05) is 62.0 Å². The smallest absolute Gasteiger partial charge is 0.330 e. The monoisotopic (exact) mass is 942 g/mol. The van der Waals surface area contributed by atoms with Gasteiger partial charge in [-0.05, 0) is 63.7 Å². The number of methoxy groups -OCH3 is 2. The molecule has 15 heteroatoms. The Hall–Kier alpha value is -4.47. The quantitative estimate of drug-likeness (QED) is 0.0868. The molecule has 68 heavy (non-hydrogen) atoms. The Balaban J connectivity index is 1.07. The number of aliphatic hydroxyl groups excluding tert-OH is 2. The van der Waals surface area contributed by atoms with Crippen molar-refractivity contribution in [3.05, 3.63) is 95.4 Å². The van der Waals surface area contributed by atoms with E-state index in [1.165, 1.54) is 12.3 Å². The van der Waals surface area contributed by atoms with Gasteiger partial charge in [0.15, 0.2) is 11.7 Å². The Bertz CT molecular complexity index is 2220. The number of terminal acetylenes is 1. The van der Waals surface area contributed by atoms with E-state index in [1.807, 2.05) is 58.1 Å². The second-order valence-corrected chi connectivity index (χ2v) is 19.3. The summed E-state index contributed by atoms with van der Waals surface area (Å²) in [5.74, 6) is 0.609. The average Bonchev–Trinajstić information content (AvgIpc) is 3.95. The number of allylic oxidation sites excluding steroid dienone is 2. The first-order chi connectivity index (χ1) is 32.6. The number of fused-ring (bicyclic) bond motifs is 9. The van der Waals surface area contributed by atoms with Crippen molar-refractivity contribution in [1.29, 1.82) is 0 Å². The van der Waals surface area contributed by atoms with Crippen LogP contribution in [0.2, 0.25) is 0 Å². The molecule has 7 unspecified atom stereocenters. The number of aromatic nitrogens is 2. The molecule has 370 valence electrons. The second-order valence-electron chi connectivity index (χ2n) is 19.3. The number of hydrogen-bond donors (Lipinski definition) is 3. The van der Waals surface area contributed by atoms with E-state index in [9.17, 15) is 20.1 Å². The van der Waals surface area contributed by atoms with Crippen molar-refractivity contribution in [1.82, 2.24) is 9.97 Å². The van der Waals surface area contributed by atoms with E-state index in [0.29, 0.717) is 75.1 Å². The predicted molar refractivity (Wildman–Crippen MR) is 252 cm³/mol. The van der Waals surface area contributed by atoms with Gasteiger partial charge in [-0.2, -0.15) is 0 Å². The van der Waals surface area contributed by atoms with Gasteiger partial charge >= 0.3 is 5.97 Å². The van der Waals surface area contributed by atoms with Gasteiger partial charge in [0.1, 0.15) is 36.1 Å². The van der Waals surface area contributed by atoms with Crippen molar-refractivity contribution in [3.63, 3.8) is 0 Å². The standard InChI is InChI=1S/C53H70N2O13/c1-9-12-38(60-7)18-17-31(2)21-44(57)47-26-42(61-8)27-53(59,68-47)28-49-54-36(29-62-49)22-33(4)51-35(6)52-34(5)45(66-51)14-11-15-48-55-43(30-63-48)46-24-37(56)23-41(65-46)25-40-20-32(3)19-39(64-40)13-10-16-50(58)67-52/h1,10-11,15-18,21-22,29-30,34-35,37-42,44-47,51-52,56-57,59H,3,12-14,19-20,23-28H2,2,4-8H3/b15-11+,16-10-,18-17+,31-21+,33-22+/t34-,35-,37+,38+,39?,40?,41?,42+,44+,45?,46?,47?,51?,52-,53-/m0/s1. The Morgan fingerprint density at radius 3 is 2.57 bits per heavy atom. The fraction of sp³-hybridized carbons (Fsp3) is 0.604. The molecule has 0 spiro atoms. The summed E-state index contributed by atoms with van der Waals surface area (Å²) >= 11 is 0. The zero-order chi connectivity index (χ0) is 48.5. The fourth-order valence-corrected chi connectivity index (χ4v) is 10.3. The van der Waals surface area contributed by atoms with Crippen LogP contribution in [0.5, 0.6) is 0 Å². The van der Waals surface area contributed by atoms with Gasteiger partial charge in [0.2, 0.25) is 5.89 Å². The highest BCUT2D eigenvalue weighted by molar-refractivity contribution is 5.82. The largest absolute Gasteiger partial charge is 0.458 e. The van der Waals surface area contributed by atoms with E-state index in [-0.39, 0.29) is 61.1 Å². The summed E-state index contributed by atoms with van der Waals surface area (Å²) in [5.41, 5.74) is 3.81. The molecule has 2 aromatic heterocycles. The third-order valence-electron chi connectivity index (χ3n) is 13.7. The number of carbonyl (C=O) groups is 1. The number of ether oxygens (including phenoxy) is 7. The van der Waals surface area contributed by atoms with E-state index in [2.05, 4.69) is 12.5 Å². The van der Waals surface area contributed by atoms with Crippen LogP contribution in [0, 0.1) is 24.2 Å². The third-order valence-corrected chi connectivity index (χ3v) is 13.7. The van der Waals surface area contributed by atoms with Crippen molar-refractivity contribution in [2.45, 2.75) is 177 Å². The van der Waals surface area contributed by atoms with Gasteiger partial charge in [0.25, 0.3) is 0 Å². The zero-order valence-corrected chi connectivity index (χ0v) is 40.2. The predicted octanol–water partition coefficient (Wildman–Crippen LogP) is 7.48. The lowest BCUT2D eigenvalue weighted by Gasteiger charge is -2.44. The molecule has 0 radical (unpaired) electrons. The van der Waals surface area contributed by atoms with E-state index in [1.54, 1.807) is 32.6 Å². The SMILES string of the molecule is C#CC[C@H](/C=C/C(C)=C/[C@@H](O)C1C[C@@H](OC)C[C@@](O)(Cc2nc(/C=C(\C)C3OC4C/C=C/c5nc(co5)C5C[C@H](O)CC(CC6CC(=C)CC(C/C=C\C(=O)O[C@@H]([C@H]4C)[C@H]3C)O6)O5)co2)O1)OC. The van der Waals surface area contributed by atoms with Crippen molar-refractivity contribution in [2.75, 3.05) is 14.2 Å². The minimum Gasteiger partial charge on any atom is -0.458 e. The number of aliphatic hydroxyl groups is 3. The third kappa shape index (κ3) is 13.6. The molecule has 0 aromatic carbocycles. The molecule has 4 saturated heterocycles. The molecule has 5 aliphatic heterocycles. The highest BCUT2D eigenvalue weighted by Crippen LogP contribution is 2.40. The maximum atomic E-state index is 13.5. The van der Waals surface area contributed by atoms with Crippen LogP contribution in [-0.2, 0) is 44.4 Å². The van der Waals surface area contributed by atoms with Crippen LogP contribution < -0.4 is 0 Å². The second kappa shape index (κ2) is 23.4. The van der Waals surface area contributed by atoms with Gasteiger partial charge in [-0.15, -0.1) is 12.3 Å². The van der Waals surface area contributed by atoms with Crippen LogP contribution in [0.25, 0.3) is 12.2 Å². The van der Waals surface area contributed by atoms with Gasteiger partial charge < -0.3 is 57.3 Å². The molecule has 5 aliphatic rings. The molecule has 7 heterocycles. The number of rotatable bonds is 11. The summed E-state index contributed by atoms with van der Waals surface area (Å²) in [5, 5.41) is 33.8. The minimum absolute atomic E-state index is 0.0919. The Morgan fingerprint density at radius 2 is 1.79 bits per heavy atom. The molecule has 15 atom stereocenters. The summed E-state index contributed by atoms with van der Waals surface area (Å²) in [6.07, 6.45) is 22.3. The summed E-state index contributed by atoms with van der Waals surface area (Å²) in [6, 6.07) is 0. The molecule has 3 N–H and O–H groups in total. The molecular formula is C53H70N2O13. The van der Waals surface area contributed by atoms with Gasteiger partial charge in [0, 0.05) is 64.2 Å². The van der Waals surface area contributed by atoms with Crippen LogP contribution >= 0.6 is 0 Å². The number of nitrogens with zero attached hydrogens (tertiary/aromatic N) is 2. The zero-order valence-electron chi connectivity index (χ0n) is 40.2. The maximum Gasteiger partial charge on any atom is 0.330 e. The van der Waals surface area contributed by atoms with Gasteiger partial charge in [-0.3, -0.25) is 0 Å². The van der Waals surface area contributed by atoms with E-state index in [4.69, 9.17) is 58.4 Å². The average molecular weight is 943 g/mol. The number of carbonyl (C=O) groups excluding carboxylic acids is 1. The number of hydrogen-bond acceptors (Lipinski definition) is 15. The van der Waals surface area contributed by atoms with Gasteiger partial charge in [0.05, 0.1) is 67.5 Å². The molecular weight excluding hydrogens is 873 g/mol. The van der Waals surface area contributed by atoms with Crippen LogP contribution in [0.3, 0.4) is 0 Å². The number of esters is 1. The summed E-state index contributed by atoms with van der Waals surface area (Å²) in [7, 11) is 3.15.